The molecule has 1 saturated carbocycles. The first-order valence-corrected chi connectivity index (χ1v) is 6.64. The van der Waals surface area contributed by atoms with Gasteiger partial charge in [0.25, 0.3) is 0 Å². The normalized spacial score (nSPS) is 21.7. The zero-order valence-electron chi connectivity index (χ0n) is 9.61. The van der Waals surface area contributed by atoms with Gasteiger partial charge in [0.15, 0.2) is 0 Å². The van der Waals surface area contributed by atoms with Crippen LogP contribution in [0, 0.1) is 5.82 Å². The molecule has 1 N–H and O–H groups in total. The van der Waals surface area contributed by atoms with Crippen LogP contribution in [0.5, 0.6) is 0 Å². The molecule has 0 amide bonds. The number of anilines is 1. The Morgan fingerprint density at radius 2 is 2.00 bits per heavy atom. The Labute approximate surface area is 113 Å². The zero-order valence-corrected chi connectivity index (χ0v) is 11.2. The molecule has 0 unspecified atom stereocenters. The van der Waals surface area contributed by atoms with Crippen LogP contribution in [0.3, 0.4) is 0 Å². The Morgan fingerprint density at radius 1 is 1.22 bits per heavy atom. The second kappa shape index (κ2) is 4.69. The maximum Gasteiger partial charge on any atom is 0.123 e. The molecule has 1 aliphatic rings. The van der Waals surface area contributed by atoms with Gasteiger partial charge >= 0.3 is 0 Å². The van der Waals surface area contributed by atoms with Crippen LogP contribution in [0.2, 0.25) is 0 Å². The molecule has 18 heavy (non-hydrogen) atoms. The van der Waals surface area contributed by atoms with Gasteiger partial charge in [-0.1, -0.05) is 12.1 Å². The van der Waals surface area contributed by atoms with Crippen LogP contribution < -0.4 is 5.32 Å². The van der Waals surface area contributed by atoms with Crippen molar-refractivity contribution in [3.63, 3.8) is 0 Å². The molecular formula is C14H12BrFN2. The molecule has 1 fully saturated rings. The minimum Gasteiger partial charge on any atom is -0.380 e. The van der Waals surface area contributed by atoms with Gasteiger partial charge in [-0.05, 0) is 46.1 Å². The van der Waals surface area contributed by atoms with Crippen LogP contribution in [-0.4, -0.2) is 11.0 Å². The van der Waals surface area contributed by atoms with Crippen LogP contribution in [0.15, 0.2) is 47.2 Å². The van der Waals surface area contributed by atoms with Crippen molar-refractivity contribution in [2.45, 2.75) is 18.4 Å². The minimum atomic E-state index is -0.180. The van der Waals surface area contributed by atoms with E-state index in [0.717, 1.165) is 16.6 Å². The number of halogens is 2. The average Bonchev–Trinajstić information content (AvgIpc) is 3.09. The molecule has 3 rings (SSSR count). The molecule has 0 saturated heterocycles. The quantitative estimate of drug-likeness (QED) is 0.928. The monoisotopic (exact) mass is 306 g/mol. The summed E-state index contributed by atoms with van der Waals surface area (Å²) in [5, 5.41) is 3.43. The Balaban J connectivity index is 1.66. The van der Waals surface area contributed by atoms with E-state index in [0.29, 0.717) is 12.0 Å². The summed E-state index contributed by atoms with van der Waals surface area (Å²) in [5.41, 5.74) is 2.20. The lowest BCUT2D eigenvalue weighted by Crippen LogP contribution is -2.04. The van der Waals surface area contributed by atoms with Crippen LogP contribution in [0.4, 0.5) is 10.1 Å². The van der Waals surface area contributed by atoms with E-state index < -0.39 is 0 Å². The first-order chi connectivity index (χ1) is 8.72. The fraction of sp³-hybridized carbons (Fsp3) is 0.214. The number of nitrogens with one attached hydrogen (secondary N) is 1. The van der Waals surface area contributed by atoms with E-state index in [-0.39, 0.29) is 5.82 Å². The predicted molar refractivity (Wildman–Crippen MR) is 73.1 cm³/mol. The lowest BCUT2D eigenvalue weighted by Gasteiger charge is -2.06. The van der Waals surface area contributed by atoms with Gasteiger partial charge in [0.05, 0.1) is 11.9 Å². The molecule has 2 aromatic rings. The molecule has 4 heteroatoms. The SMILES string of the molecule is Fc1ccc([C@@H]2C[C@H]2Nc2cncc(Br)c2)cc1. The molecule has 2 nitrogen and oxygen atoms in total. The fourth-order valence-electron chi connectivity index (χ4n) is 2.14. The number of rotatable bonds is 3. The van der Waals surface area contributed by atoms with E-state index in [1.165, 1.54) is 17.7 Å². The molecule has 0 aliphatic heterocycles. The van der Waals surface area contributed by atoms with Crippen molar-refractivity contribution < 1.29 is 4.39 Å². The smallest absolute Gasteiger partial charge is 0.123 e. The zero-order chi connectivity index (χ0) is 12.5. The predicted octanol–water partition coefficient (Wildman–Crippen LogP) is 3.95. The highest BCUT2D eigenvalue weighted by molar-refractivity contribution is 9.10. The average molecular weight is 307 g/mol. The highest BCUT2D eigenvalue weighted by Gasteiger charge is 2.38. The van der Waals surface area contributed by atoms with Crippen molar-refractivity contribution >= 4 is 21.6 Å². The van der Waals surface area contributed by atoms with Crippen LogP contribution in [0.25, 0.3) is 0 Å². The summed E-state index contributed by atoms with van der Waals surface area (Å²) < 4.78 is 13.8. The first kappa shape index (κ1) is 11.7. The minimum absolute atomic E-state index is 0.180. The second-order valence-corrected chi connectivity index (χ2v) is 5.45. The fourth-order valence-corrected chi connectivity index (χ4v) is 2.50. The maximum absolute atomic E-state index is 12.8. The van der Waals surface area contributed by atoms with E-state index in [1.807, 2.05) is 24.4 Å². The van der Waals surface area contributed by atoms with E-state index in [1.54, 1.807) is 6.20 Å². The summed E-state index contributed by atoms with van der Waals surface area (Å²) in [6.45, 7) is 0. The van der Waals surface area contributed by atoms with Gasteiger partial charge in [0.1, 0.15) is 5.82 Å². The molecule has 1 aromatic heterocycles. The summed E-state index contributed by atoms with van der Waals surface area (Å²) in [5.74, 6) is 0.296. The second-order valence-electron chi connectivity index (χ2n) is 4.54. The standard InChI is InChI=1S/C14H12BrFN2/c15-10-5-12(8-17-7-10)18-14-6-13(14)9-1-3-11(16)4-2-9/h1-5,7-8,13-14,18H,6H2/t13-,14+/m0/s1. The van der Waals surface area contributed by atoms with Crippen LogP contribution in [0.1, 0.15) is 17.9 Å². The van der Waals surface area contributed by atoms with Gasteiger partial charge in [-0.25, -0.2) is 4.39 Å². The van der Waals surface area contributed by atoms with Crippen molar-refractivity contribution in [1.82, 2.24) is 4.98 Å². The van der Waals surface area contributed by atoms with Gasteiger partial charge in [-0.2, -0.15) is 0 Å². The third-order valence-corrected chi connectivity index (χ3v) is 3.58. The Kier molecular flexibility index (Phi) is 3.04. The highest BCUT2D eigenvalue weighted by atomic mass is 79.9. The summed E-state index contributed by atoms with van der Waals surface area (Å²) in [6, 6.07) is 9.19. The van der Waals surface area contributed by atoms with Gasteiger partial charge in [-0.3, -0.25) is 4.98 Å². The molecule has 1 aromatic carbocycles. The van der Waals surface area contributed by atoms with E-state index >= 15 is 0 Å². The van der Waals surface area contributed by atoms with Crippen molar-refractivity contribution in [3.05, 3.63) is 58.6 Å². The first-order valence-electron chi connectivity index (χ1n) is 5.85. The van der Waals surface area contributed by atoms with Crippen LogP contribution >= 0.6 is 15.9 Å². The number of nitrogens with zero attached hydrogens (tertiary/aromatic N) is 1. The molecule has 2 atom stereocenters. The van der Waals surface area contributed by atoms with Gasteiger partial charge in [0.2, 0.25) is 0 Å². The third kappa shape index (κ3) is 2.53. The topological polar surface area (TPSA) is 24.9 Å². The van der Waals surface area contributed by atoms with E-state index in [9.17, 15) is 4.39 Å². The number of hydrogen-bond acceptors (Lipinski definition) is 2. The lowest BCUT2D eigenvalue weighted by molar-refractivity contribution is 0.627. The number of benzene rings is 1. The highest BCUT2D eigenvalue weighted by Crippen LogP contribution is 2.42. The molecule has 0 bridgehead atoms. The number of aromatic nitrogens is 1. The maximum atomic E-state index is 12.8. The lowest BCUT2D eigenvalue weighted by atomic mass is 10.1. The Morgan fingerprint density at radius 3 is 2.72 bits per heavy atom. The summed E-state index contributed by atoms with van der Waals surface area (Å²) in [6.07, 6.45) is 4.65. The third-order valence-electron chi connectivity index (χ3n) is 3.15. The largest absolute Gasteiger partial charge is 0.380 e. The Hall–Kier alpha value is -1.42. The number of pyridine rings is 1. The molecule has 1 heterocycles. The molecule has 1 aliphatic carbocycles. The van der Waals surface area contributed by atoms with Gasteiger partial charge in [-0.15, -0.1) is 0 Å². The summed E-state index contributed by atoms with van der Waals surface area (Å²) in [7, 11) is 0. The molecule has 92 valence electrons. The van der Waals surface area contributed by atoms with Crippen molar-refractivity contribution in [2.75, 3.05) is 5.32 Å². The molecule has 0 radical (unpaired) electrons. The van der Waals surface area contributed by atoms with E-state index in [2.05, 4.69) is 26.2 Å². The van der Waals surface area contributed by atoms with E-state index in [4.69, 9.17) is 0 Å². The van der Waals surface area contributed by atoms with Crippen LogP contribution in [-0.2, 0) is 0 Å². The summed E-state index contributed by atoms with van der Waals surface area (Å²) >= 11 is 3.40. The molecule has 0 spiro atoms. The summed E-state index contributed by atoms with van der Waals surface area (Å²) in [4.78, 5) is 4.12. The van der Waals surface area contributed by atoms with Crippen molar-refractivity contribution in [2.24, 2.45) is 0 Å². The Bertz CT molecular complexity index is 556. The van der Waals surface area contributed by atoms with Crippen molar-refractivity contribution in [3.8, 4) is 0 Å². The number of hydrogen-bond donors (Lipinski definition) is 1. The molecular weight excluding hydrogens is 295 g/mol. The van der Waals surface area contributed by atoms with Gasteiger partial charge < -0.3 is 5.32 Å². The van der Waals surface area contributed by atoms with Crippen molar-refractivity contribution in [1.29, 1.82) is 0 Å². The van der Waals surface area contributed by atoms with Gasteiger partial charge in [0, 0.05) is 22.6 Å².